The van der Waals surface area contributed by atoms with Crippen LogP contribution in [0, 0.1) is 16.7 Å². The third-order valence-electron chi connectivity index (χ3n) is 3.02. The Kier molecular flexibility index (Phi) is 4.75. The first kappa shape index (κ1) is 13.0. The molecule has 4 heteroatoms. The highest BCUT2D eigenvalue weighted by Gasteiger charge is 2.42. The summed E-state index contributed by atoms with van der Waals surface area (Å²) < 4.78 is 4.87. The molecule has 1 rings (SSSR count). The van der Waals surface area contributed by atoms with Crippen LogP contribution in [0.4, 0.5) is 0 Å². The molecule has 4 nitrogen and oxygen atoms in total. The lowest BCUT2D eigenvalue weighted by molar-refractivity contribution is -0.143. The molecule has 90 valence electrons. The van der Waals surface area contributed by atoms with Gasteiger partial charge in [0.2, 0.25) is 0 Å². The maximum absolute atomic E-state index is 11.2. The van der Waals surface area contributed by atoms with Crippen LogP contribution in [-0.4, -0.2) is 37.6 Å². The van der Waals surface area contributed by atoms with Crippen LogP contribution in [0.5, 0.6) is 0 Å². The summed E-state index contributed by atoms with van der Waals surface area (Å²) in [6.07, 6.45) is 3.36. The molecule has 0 N–H and O–H groups in total. The lowest BCUT2D eigenvalue weighted by Gasteiger charge is -2.21. The van der Waals surface area contributed by atoms with Gasteiger partial charge in [-0.2, -0.15) is 5.26 Å². The van der Waals surface area contributed by atoms with Gasteiger partial charge in [-0.05, 0) is 32.2 Å². The maximum Gasteiger partial charge on any atom is 0.307 e. The molecule has 0 radical (unpaired) electrons. The van der Waals surface area contributed by atoms with Gasteiger partial charge in [0, 0.05) is 19.5 Å². The minimum atomic E-state index is -0.139. The topological polar surface area (TPSA) is 53.3 Å². The number of nitriles is 1. The van der Waals surface area contributed by atoms with Gasteiger partial charge in [-0.3, -0.25) is 4.79 Å². The molecule has 0 amide bonds. The molecule has 0 unspecified atom stereocenters. The molecule has 0 atom stereocenters. The number of rotatable bonds is 7. The van der Waals surface area contributed by atoms with Crippen LogP contribution < -0.4 is 0 Å². The van der Waals surface area contributed by atoms with Crippen LogP contribution >= 0.6 is 0 Å². The van der Waals surface area contributed by atoms with Crippen molar-refractivity contribution in [2.75, 3.05) is 26.7 Å². The van der Waals surface area contributed by atoms with Crippen LogP contribution in [0.3, 0.4) is 0 Å². The Labute approximate surface area is 97.2 Å². The Bertz CT molecular complexity index is 279. The molecule has 0 aliphatic heterocycles. The van der Waals surface area contributed by atoms with Gasteiger partial charge in [-0.1, -0.05) is 0 Å². The summed E-state index contributed by atoms with van der Waals surface area (Å²) >= 11 is 0. The Morgan fingerprint density at radius 2 is 2.25 bits per heavy atom. The van der Waals surface area contributed by atoms with E-state index < -0.39 is 0 Å². The average Bonchev–Trinajstić information content (AvgIpc) is 2.96. The highest BCUT2D eigenvalue weighted by Crippen LogP contribution is 2.48. The third kappa shape index (κ3) is 4.19. The van der Waals surface area contributed by atoms with Crippen molar-refractivity contribution in [3.63, 3.8) is 0 Å². The summed E-state index contributed by atoms with van der Waals surface area (Å²) in [6.45, 7) is 3.89. The zero-order chi connectivity index (χ0) is 12.0. The Morgan fingerprint density at radius 1 is 1.56 bits per heavy atom. The van der Waals surface area contributed by atoms with Gasteiger partial charge in [0.25, 0.3) is 0 Å². The number of ether oxygens (including phenoxy) is 1. The van der Waals surface area contributed by atoms with Crippen LogP contribution in [0.2, 0.25) is 0 Å². The van der Waals surface area contributed by atoms with Crippen molar-refractivity contribution in [1.82, 2.24) is 4.90 Å². The van der Waals surface area contributed by atoms with E-state index in [0.717, 1.165) is 19.4 Å². The number of carbonyl (C=O) groups excluding carboxylic acids is 1. The molecule has 1 aliphatic carbocycles. The minimum absolute atomic E-state index is 0.139. The highest BCUT2D eigenvalue weighted by atomic mass is 16.5. The molecule has 1 aliphatic rings. The van der Waals surface area contributed by atoms with Crippen LogP contribution in [-0.2, 0) is 9.53 Å². The zero-order valence-electron chi connectivity index (χ0n) is 10.2. The summed E-state index contributed by atoms with van der Waals surface area (Å²) in [5, 5.41) is 8.70. The van der Waals surface area contributed by atoms with Crippen LogP contribution in [0.15, 0.2) is 0 Å². The van der Waals surface area contributed by atoms with Crippen LogP contribution in [0.1, 0.15) is 32.6 Å². The van der Waals surface area contributed by atoms with E-state index in [0.29, 0.717) is 26.0 Å². The number of esters is 1. The Morgan fingerprint density at radius 3 is 2.75 bits per heavy atom. The quantitative estimate of drug-likeness (QED) is 0.616. The number of hydrogen-bond donors (Lipinski definition) is 0. The molecule has 16 heavy (non-hydrogen) atoms. The second kappa shape index (κ2) is 5.86. The fourth-order valence-corrected chi connectivity index (χ4v) is 1.90. The first-order valence-electron chi connectivity index (χ1n) is 5.83. The first-order chi connectivity index (χ1) is 7.62. The van der Waals surface area contributed by atoms with E-state index in [1.807, 2.05) is 14.0 Å². The molecule has 0 bridgehead atoms. The van der Waals surface area contributed by atoms with Crippen molar-refractivity contribution in [2.45, 2.75) is 32.6 Å². The molecule has 0 aromatic rings. The molecule has 0 aromatic carbocycles. The van der Waals surface area contributed by atoms with E-state index >= 15 is 0 Å². The molecule has 1 fully saturated rings. The Hall–Kier alpha value is -1.08. The lowest BCUT2D eigenvalue weighted by Crippen LogP contribution is -2.29. The van der Waals surface area contributed by atoms with Crippen molar-refractivity contribution >= 4 is 5.97 Å². The lowest BCUT2D eigenvalue weighted by atomic mass is 10.0. The van der Waals surface area contributed by atoms with Gasteiger partial charge in [0.05, 0.1) is 19.1 Å². The first-order valence-corrected chi connectivity index (χ1v) is 5.83. The van der Waals surface area contributed by atoms with Gasteiger partial charge in [-0.25, -0.2) is 0 Å². The maximum atomic E-state index is 11.2. The summed E-state index contributed by atoms with van der Waals surface area (Å²) in [4.78, 5) is 13.3. The number of carbonyl (C=O) groups is 1. The smallest absolute Gasteiger partial charge is 0.307 e. The molecule has 0 aromatic heterocycles. The fourth-order valence-electron chi connectivity index (χ4n) is 1.90. The number of hydrogen-bond acceptors (Lipinski definition) is 4. The van der Waals surface area contributed by atoms with E-state index in [2.05, 4.69) is 11.0 Å². The van der Waals surface area contributed by atoms with Gasteiger partial charge >= 0.3 is 5.97 Å². The number of nitrogens with zero attached hydrogens (tertiary/aromatic N) is 2. The molecular formula is C12H20N2O2. The molecular weight excluding hydrogens is 204 g/mol. The standard InChI is InChI=1S/C12H20N2O2/c1-3-16-11(15)4-9-14(2)10-12(5-6-12)7-8-13/h3-7,9-10H2,1-2H3. The minimum Gasteiger partial charge on any atom is -0.466 e. The van der Waals surface area contributed by atoms with Crippen LogP contribution in [0.25, 0.3) is 0 Å². The molecule has 1 saturated carbocycles. The SMILES string of the molecule is CCOC(=O)CCN(C)CC1(CC#N)CC1. The summed E-state index contributed by atoms with van der Waals surface area (Å²) in [5.74, 6) is -0.139. The van der Waals surface area contributed by atoms with Gasteiger partial charge in [0.15, 0.2) is 0 Å². The molecule has 0 saturated heterocycles. The summed E-state index contributed by atoms with van der Waals surface area (Å²) in [6, 6.07) is 2.24. The monoisotopic (exact) mass is 224 g/mol. The van der Waals surface area contributed by atoms with Crippen molar-refractivity contribution < 1.29 is 9.53 Å². The zero-order valence-corrected chi connectivity index (χ0v) is 10.2. The van der Waals surface area contributed by atoms with Crippen molar-refractivity contribution in [1.29, 1.82) is 5.26 Å². The predicted molar refractivity (Wildman–Crippen MR) is 60.6 cm³/mol. The normalized spacial score (nSPS) is 16.9. The van der Waals surface area contributed by atoms with Crippen molar-refractivity contribution in [2.24, 2.45) is 5.41 Å². The third-order valence-corrected chi connectivity index (χ3v) is 3.02. The second-order valence-electron chi connectivity index (χ2n) is 4.63. The molecule has 0 spiro atoms. The predicted octanol–water partition coefficient (Wildman–Crippen LogP) is 1.57. The highest BCUT2D eigenvalue weighted by molar-refractivity contribution is 5.69. The Balaban J connectivity index is 2.19. The summed E-state index contributed by atoms with van der Waals surface area (Å²) in [7, 11) is 2.00. The van der Waals surface area contributed by atoms with E-state index in [-0.39, 0.29) is 11.4 Å². The second-order valence-corrected chi connectivity index (χ2v) is 4.63. The van der Waals surface area contributed by atoms with Crippen molar-refractivity contribution in [3.8, 4) is 6.07 Å². The van der Waals surface area contributed by atoms with E-state index in [4.69, 9.17) is 10.00 Å². The van der Waals surface area contributed by atoms with E-state index in [1.165, 1.54) is 0 Å². The summed E-state index contributed by atoms with van der Waals surface area (Å²) in [5.41, 5.74) is 0.220. The average molecular weight is 224 g/mol. The van der Waals surface area contributed by atoms with Gasteiger partial charge in [0.1, 0.15) is 0 Å². The fraction of sp³-hybridized carbons (Fsp3) is 0.833. The van der Waals surface area contributed by atoms with Gasteiger partial charge < -0.3 is 9.64 Å². The van der Waals surface area contributed by atoms with E-state index in [9.17, 15) is 4.79 Å². The van der Waals surface area contributed by atoms with E-state index in [1.54, 1.807) is 0 Å². The largest absolute Gasteiger partial charge is 0.466 e. The van der Waals surface area contributed by atoms with Crippen molar-refractivity contribution in [3.05, 3.63) is 0 Å². The molecule has 0 heterocycles. The van der Waals surface area contributed by atoms with Gasteiger partial charge in [-0.15, -0.1) is 0 Å².